The number of halogens is 1. The number of carbonyl (C=O) groups is 1. The number of benzene rings is 1. The molecule has 4 aliphatic heterocycles. The van der Waals surface area contributed by atoms with E-state index >= 15 is 0 Å². The highest BCUT2D eigenvalue weighted by molar-refractivity contribution is 5.96. The molecule has 8 nitrogen and oxygen atoms in total. The molecule has 9 heteroatoms. The SMILES string of the molecule is C[C@@H]1CN(CC(=O)N2CCOc3ncc(Cc4ccc(F)cc4)cc32)[C@@H](CN2C[C@@H]3C[C@H]2CO3)CN1. The lowest BCUT2D eigenvalue weighted by atomic mass is 10.1. The molecule has 2 bridgehead atoms. The molecule has 36 heavy (non-hydrogen) atoms. The lowest BCUT2D eigenvalue weighted by Gasteiger charge is -2.42. The summed E-state index contributed by atoms with van der Waals surface area (Å²) in [5.74, 6) is 0.319. The Balaban J connectivity index is 1.16. The lowest BCUT2D eigenvalue weighted by Crippen LogP contribution is -2.61. The normalized spacial score (nSPS) is 28.2. The van der Waals surface area contributed by atoms with E-state index in [1.807, 2.05) is 11.0 Å². The van der Waals surface area contributed by atoms with Crippen molar-refractivity contribution >= 4 is 11.6 Å². The van der Waals surface area contributed by atoms with Gasteiger partial charge in [-0.2, -0.15) is 0 Å². The van der Waals surface area contributed by atoms with Gasteiger partial charge in [0.2, 0.25) is 11.8 Å². The van der Waals surface area contributed by atoms with Crippen molar-refractivity contribution in [2.24, 2.45) is 0 Å². The van der Waals surface area contributed by atoms with E-state index in [-0.39, 0.29) is 17.8 Å². The van der Waals surface area contributed by atoms with Gasteiger partial charge in [0, 0.05) is 50.5 Å². The van der Waals surface area contributed by atoms with Crippen molar-refractivity contribution in [3.8, 4) is 5.88 Å². The molecular weight excluding hydrogens is 461 g/mol. The third kappa shape index (κ3) is 4.98. The molecule has 4 atom stereocenters. The minimum Gasteiger partial charge on any atom is -0.474 e. The largest absolute Gasteiger partial charge is 0.474 e. The third-order valence-electron chi connectivity index (χ3n) is 7.88. The Kier molecular flexibility index (Phi) is 6.64. The van der Waals surface area contributed by atoms with E-state index in [4.69, 9.17) is 9.47 Å². The van der Waals surface area contributed by atoms with Gasteiger partial charge in [-0.15, -0.1) is 0 Å². The van der Waals surface area contributed by atoms with Crippen molar-refractivity contribution in [1.29, 1.82) is 0 Å². The van der Waals surface area contributed by atoms with Gasteiger partial charge in [-0.05, 0) is 49.1 Å². The minimum absolute atomic E-state index is 0.0747. The first kappa shape index (κ1) is 23.8. The van der Waals surface area contributed by atoms with Crippen molar-refractivity contribution in [3.05, 3.63) is 53.5 Å². The molecule has 1 aromatic heterocycles. The van der Waals surface area contributed by atoms with Crippen molar-refractivity contribution in [2.75, 3.05) is 57.4 Å². The number of anilines is 1. The summed E-state index contributed by atoms with van der Waals surface area (Å²) in [6, 6.07) is 9.61. The number of nitrogens with one attached hydrogen (secondary N) is 1. The van der Waals surface area contributed by atoms with Gasteiger partial charge < -0.3 is 19.7 Å². The van der Waals surface area contributed by atoms with Gasteiger partial charge in [0.05, 0.1) is 25.8 Å². The topological polar surface area (TPSA) is 70.2 Å². The van der Waals surface area contributed by atoms with Gasteiger partial charge in [-0.1, -0.05) is 12.1 Å². The fourth-order valence-corrected chi connectivity index (χ4v) is 5.97. The summed E-state index contributed by atoms with van der Waals surface area (Å²) in [7, 11) is 0. The number of amides is 1. The minimum atomic E-state index is -0.251. The number of hydrogen-bond acceptors (Lipinski definition) is 7. The number of pyridine rings is 1. The summed E-state index contributed by atoms with van der Waals surface area (Å²) in [4.78, 5) is 24.9. The Morgan fingerprint density at radius 2 is 2.06 bits per heavy atom. The van der Waals surface area contributed by atoms with Crippen molar-refractivity contribution < 1.29 is 18.7 Å². The molecule has 2 aromatic rings. The molecule has 1 aromatic carbocycles. The number of hydrogen-bond donors (Lipinski definition) is 1. The van der Waals surface area contributed by atoms with Crippen molar-refractivity contribution in [1.82, 2.24) is 20.1 Å². The Morgan fingerprint density at radius 3 is 2.83 bits per heavy atom. The van der Waals surface area contributed by atoms with Gasteiger partial charge in [-0.25, -0.2) is 9.37 Å². The molecule has 4 aliphatic rings. The summed E-state index contributed by atoms with van der Waals surface area (Å²) in [6.07, 6.45) is 3.90. The molecule has 3 fully saturated rings. The summed E-state index contributed by atoms with van der Waals surface area (Å²) in [6.45, 7) is 8.00. The maximum Gasteiger partial charge on any atom is 0.241 e. The number of carbonyl (C=O) groups excluding carboxylic acids is 1. The summed E-state index contributed by atoms with van der Waals surface area (Å²) >= 11 is 0. The fraction of sp³-hybridized carbons (Fsp3) is 0.556. The lowest BCUT2D eigenvalue weighted by molar-refractivity contribution is -0.121. The van der Waals surface area contributed by atoms with E-state index < -0.39 is 0 Å². The molecule has 1 amide bonds. The van der Waals surface area contributed by atoms with Crippen molar-refractivity contribution in [2.45, 2.75) is 44.0 Å². The molecule has 0 saturated carbocycles. The maximum absolute atomic E-state index is 13.7. The predicted octanol–water partition coefficient (Wildman–Crippen LogP) is 1.67. The van der Waals surface area contributed by atoms with E-state index in [1.54, 1.807) is 18.3 Å². The first-order chi connectivity index (χ1) is 17.5. The number of ether oxygens (including phenoxy) is 2. The molecule has 0 aliphatic carbocycles. The van der Waals surface area contributed by atoms with Gasteiger partial charge in [0.25, 0.3) is 0 Å². The number of likely N-dealkylation sites (tertiary alicyclic amines) is 1. The first-order valence-corrected chi connectivity index (χ1v) is 13.0. The van der Waals surface area contributed by atoms with Gasteiger partial charge in [-0.3, -0.25) is 14.6 Å². The fourth-order valence-electron chi connectivity index (χ4n) is 5.97. The Hall–Kier alpha value is -2.59. The van der Waals surface area contributed by atoms with E-state index in [9.17, 15) is 9.18 Å². The molecule has 0 radical (unpaired) electrons. The second-order valence-corrected chi connectivity index (χ2v) is 10.6. The average molecular weight is 496 g/mol. The number of fused-ring (bicyclic) bond motifs is 3. The highest BCUT2D eigenvalue weighted by Gasteiger charge is 2.41. The quantitative estimate of drug-likeness (QED) is 0.654. The average Bonchev–Trinajstić information content (AvgIpc) is 3.50. The molecule has 192 valence electrons. The smallest absolute Gasteiger partial charge is 0.241 e. The number of aromatic nitrogens is 1. The number of piperazine rings is 1. The van der Waals surface area contributed by atoms with Crippen LogP contribution in [0, 0.1) is 5.82 Å². The predicted molar refractivity (Wildman–Crippen MR) is 134 cm³/mol. The number of rotatable bonds is 6. The molecular formula is C27H34FN5O3. The number of nitrogens with zero attached hydrogens (tertiary/aromatic N) is 4. The standard InChI is InChI=1S/C27H34FN5O3/c1-18-13-31(23(12-29-18)14-32-15-24-10-22(32)17-36-24)16-26(34)33-6-7-35-27-25(33)9-20(11-30-27)8-19-2-4-21(28)5-3-19/h2-5,9,11,18,22-24,29H,6-8,10,12-17H2,1H3/t18-,22+,23-,24+/m1/s1. The van der Waals surface area contributed by atoms with Gasteiger partial charge >= 0.3 is 0 Å². The summed E-state index contributed by atoms with van der Waals surface area (Å²) in [5.41, 5.74) is 2.68. The van der Waals surface area contributed by atoms with Crippen LogP contribution < -0.4 is 15.0 Å². The van der Waals surface area contributed by atoms with Crippen LogP contribution in [0.1, 0.15) is 24.5 Å². The highest BCUT2D eigenvalue weighted by Crippen LogP contribution is 2.32. The van der Waals surface area contributed by atoms with Crippen LogP contribution in [0.5, 0.6) is 5.88 Å². The van der Waals surface area contributed by atoms with Gasteiger partial charge in [0.15, 0.2) is 0 Å². The summed E-state index contributed by atoms with van der Waals surface area (Å²) in [5, 5.41) is 3.60. The van der Waals surface area contributed by atoms with E-state index in [0.29, 0.717) is 50.2 Å². The van der Waals surface area contributed by atoms with E-state index in [0.717, 1.165) is 56.0 Å². The first-order valence-electron chi connectivity index (χ1n) is 13.0. The molecule has 1 N–H and O–H groups in total. The summed E-state index contributed by atoms with van der Waals surface area (Å²) < 4.78 is 24.8. The van der Waals surface area contributed by atoms with Crippen molar-refractivity contribution in [3.63, 3.8) is 0 Å². The zero-order chi connectivity index (χ0) is 24.6. The zero-order valence-corrected chi connectivity index (χ0v) is 20.7. The van der Waals surface area contributed by atoms with Crippen LogP contribution in [-0.2, 0) is 16.0 Å². The highest BCUT2D eigenvalue weighted by atomic mass is 19.1. The second kappa shape index (κ2) is 10.0. The third-order valence-corrected chi connectivity index (χ3v) is 7.88. The van der Waals surface area contributed by atoms with Crippen LogP contribution >= 0.6 is 0 Å². The van der Waals surface area contributed by atoms with E-state index in [1.165, 1.54) is 12.1 Å². The van der Waals surface area contributed by atoms with Crippen LogP contribution in [0.4, 0.5) is 10.1 Å². The maximum atomic E-state index is 13.7. The molecule has 6 rings (SSSR count). The molecule has 0 unspecified atom stereocenters. The van der Waals surface area contributed by atoms with E-state index in [2.05, 4.69) is 27.0 Å². The van der Waals surface area contributed by atoms with Crippen LogP contribution in [0.25, 0.3) is 0 Å². The molecule has 3 saturated heterocycles. The van der Waals surface area contributed by atoms with Gasteiger partial charge in [0.1, 0.15) is 18.1 Å². The molecule has 5 heterocycles. The van der Waals surface area contributed by atoms with Crippen LogP contribution in [-0.4, -0.2) is 97.4 Å². The van der Waals surface area contributed by atoms with Crippen LogP contribution in [0.15, 0.2) is 36.5 Å². The zero-order valence-electron chi connectivity index (χ0n) is 20.7. The Bertz CT molecular complexity index is 1100. The Morgan fingerprint density at radius 1 is 1.19 bits per heavy atom. The monoisotopic (exact) mass is 495 g/mol. The van der Waals surface area contributed by atoms with Crippen LogP contribution in [0.2, 0.25) is 0 Å². The van der Waals surface area contributed by atoms with Crippen LogP contribution in [0.3, 0.4) is 0 Å². The second-order valence-electron chi connectivity index (χ2n) is 10.6. The Labute approximate surface area is 211 Å². The number of morpholine rings is 1. The molecule has 0 spiro atoms.